The van der Waals surface area contributed by atoms with Gasteiger partial charge in [-0.2, -0.15) is 0 Å². The fraction of sp³-hybridized carbons (Fsp3) is 0.333. The Hall–Kier alpha value is -1.59. The van der Waals surface area contributed by atoms with Gasteiger partial charge in [0.1, 0.15) is 6.54 Å². The molecule has 1 aromatic rings. The molecule has 0 saturated carbocycles. The van der Waals surface area contributed by atoms with Crippen LogP contribution in [0.4, 0.5) is 5.69 Å². The number of hydrogen-bond acceptors (Lipinski definition) is 3. The Morgan fingerprint density at radius 1 is 1.44 bits per heavy atom. The van der Waals surface area contributed by atoms with Crippen LogP contribution >= 0.6 is 11.6 Å². The number of nitrogens with zero attached hydrogens (tertiary/aromatic N) is 1. The lowest BCUT2D eigenvalue weighted by molar-refractivity contribution is -0.136. The number of nitrogens with one attached hydrogen (secondary N) is 1. The summed E-state index contributed by atoms with van der Waals surface area (Å²) in [6.45, 7) is 0.123. The van der Waals surface area contributed by atoms with Gasteiger partial charge < -0.3 is 15.3 Å². The molecule has 0 radical (unpaired) electrons. The molecule has 0 unspecified atom stereocenters. The molecule has 0 saturated heterocycles. The molecule has 6 heteroatoms. The molecule has 0 heterocycles. The first kappa shape index (κ1) is 14.5. The number of amides is 1. The molecule has 0 aliphatic rings. The zero-order chi connectivity index (χ0) is 13.5. The average molecular weight is 271 g/mol. The lowest BCUT2D eigenvalue weighted by Gasteiger charge is -2.21. The first-order chi connectivity index (χ1) is 8.54. The van der Waals surface area contributed by atoms with Crippen molar-refractivity contribution in [3.05, 3.63) is 29.3 Å². The van der Waals surface area contributed by atoms with E-state index < -0.39 is 5.97 Å². The van der Waals surface area contributed by atoms with Crippen LogP contribution in [0.2, 0.25) is 5.02 Å². The summed E-state index contributed by atoms with van der Waals surface area (Å²) >= 11 is 5.84. The topological polar surface area (TPSA) is 69.6 Å². The minimum atomic E-state index is -1.06. The van der Waals surface area contributed by atoms with Gasteiger partial charge in [-0.3, -0.25) is 9.59 Å². The zero-order valence-electron chi connectivity index (χ0n) is 10.0. The van der Waals surface area contributed by atoms with Crippen LogP contribution in [0.1, 0.15) is 6.42 Å². The van der Waals surface area contributed by atoms with Gasteiger partial charge >= 0.3 is 5.97 Å². The quantitative estimate of drug-likeness (QED) is 0.819. The van der Waals surface area contributed by atoms with Crippen molar-refractivity contribution in [2.45, 2.75) is 6.42 Å². The Labute approximate surface area is 110 Å². The van der Waals surface area contributed by atoms with Gasteiger partial charge in [0, 0.05) is 23.7 Å². The summed E-state index contributed by atoms with van der Waals surface area (Å²) in [5.41, 5.74) is 0.492. The van der Waals surface area contributed by atoms with E-state index in [0.29, 0.717) is 17.3 Å². The molecule has 0 aliphatic carbocycles. The van der Waals surface area contributed by atoms with Crippen molar-refractivity contribution in [1.29, 1.82) is 0 Å². The van der Waals surface area contributed by atoms with E-state index >= 15 is 0 Å². The molecule has 0 aromatic heterocycles. The first-order valence-corrected chi connectivity index (χ1v) is 5.84. The van der Waals surface area contributed by atoms with E-state index in [9.17, 15) is 9.59 Å². The van der Waals surface area contributed by atoms with Crippen LogP contribution in [0.15, 0.2) is 24.3 Å². The van der Waals surface area contributed by atoms with Crippen LogP contribution in [0, 0.1) is 0 Å². The Morgan fingerprint density at radius 3 is 2.72 bits per heavy atom. The minimum absolute atomic E-state index is 0.232. The van der Waals surface area contributed by atoms with Crippen molar-refractivity contribution >= 4 is 29.2 Å². The molecular weight excluding hydrogens is 256 g/mol. The second-order valence-electron chi connectivity index (χ2n) is 3.71. The third kappa shape index (κ3) is 4.35. The number of carboxylic acid groups (broad SMARTS) is 1. The maximum Gasteiger partial charge on any atom is 0.323 e. The molecule has 98 valence electrons. The molecule has 1 aromatic carbocycles. The van der Waals surface area contributed by atoms with E-state index in [0.717, 1.165) is 0 Å². The van der Waals surface area contributed by atoms with Crippen molar-refractivity contribution in [1.82, 2.24) is 5.32 Å². The third-order valence-corrected chi connectivity index (χ3v) is 2.54. The number of hydrogen-bond donors (Lipinski definition) is 2. The number of aliphatic carboxylic acids is 1. The second-order valence-corrected chi connectivity index (χ2v) is 4.14. The summed E-state index contributed by atoms with van der Waals surface area (Å²) in [5, 5.41) is 12.2. The number of rotatable bonds is 6. The van der Waals surface area contributed by atoms with Crippen LogP contribution < -0.4 is 10.2 Å². The summed E-state index contributed by atoms with van der Waals surface area (Å²) < 4.78 is 0. The summed E-state index contributed by atoms with van der Waals surface area (Å²) in [7, 11) is 1.73. The van der Waals surface area contributed by atoms with Crippen molar-refractivity contribution in [2.24, 2.45) is 0 Å². The molecule has 2 N–H and O–H groups in total. The van der Waals surface area contributed by atoms with Crippen LogP contribution in [0.3, 0.4) is 0 Å². The fourth-order valence-electron chi connectivity index (χ4n) is 1.47. The van der Waals surface area contributed by atoms with Gasteiger partial charge in [-0.25, -0.2) is 0 Å². The number of carboxylic acids is 1. The zero-order valence-corrected chi connectivity index (χ0v) is 10.8. The van der Waals surface area contributed by atoms with E-state index in [4.69, 9.17) is 16.7 Å². The van der Waals surface area contributed by atoms with Crippen LogP contribution in [-0.2, 0) is 9.59 Å². The van der Waals surface area contributed by atoms with Crippen LogP contribution in [0.25, 0.3) is 0 Å². The minimum Gasteiger partial charge on any atom is -0.480 e. The number of carbonyl (C=O) groups excluding carboxylic acids is 1. The van der Waals surface area contributed by atoms with Crippen LogP contribution in [-0.4, -0.2) is 37.1 Å². The predicted molar refractivity (Wildman–Crippen MR) is 70.0 cm³/mol. The highest BCUT2D eigenvalue weighted by Gasteiger charge is 2.18. The second kappa shape index (κ2) is 6.98. The van der Waals surface area contributed by atoms with Gasteiger partial charge in [0.05, 0.1) is 0 Å². The van der Waals surface area contributed by atoms with Crippen molar-refractivity contribution < 1.29 is 14.7 Å². The highest BCUT2D eigenvalue weighted by Crippen LogP contribution is 2.20. The van der Waals surface area contributed by atoms with E-state index in [2.05, 4.69) is 5.32 Å². The highest BCUT2D eigenvalue weighted by molar-refractivity contribution is 6.30. The standard InChI is InChI=1S/C12H15ClN2O3/c1-14-6-5-11(16)15(8-12(17)18)10-4-2-3-9(13)7-10/h2-4,7,14H,5-6,8H2,1H3,(H,17,18). The molecule has 0 atom stereocenters. The molecular formula is C12H15ClN2O3. The Kier molecular flexibility index (Phi) is 5.61. The van der Waals surface area contributed by atoms with Gasteiger partial charge in [0.2, 0.25) is 5.91 Å². The van der Waals surface area contributed by atoms with Gasteiger partial charge in [-0.1, -0.05) is 17.7 Å². The first-order valence-electron chi connectivity index (χ1n) is 5.47. The molecule has 0 spiro atoms. The Bertz CT molecular complexity index is 437. The van der Waals surface area contributed by atoms with Gasteiger partial charge in [-0.15, -0.1) is 0 Å². The maximum atomic E-state index is 11.9. The third-order valence-electron chi connectivity index (χ3n) is 2.30. The maximum absolute atomic E-state index is 11.9. The monoisotopic (exact) mass is 270 g/mol. The summed E-state index contributed by atoms with van der Waals surface area (Å²) in [4.78, 5) is 23.9. The normalized spacial score (nSPS) is 10.1. The number of anilines is 1. The van der Waals surface area contributed by atoms with Crippen molar-refractivity contribution in [3.63, 3.8) is 0 Å². The average Bonchev–Trinajstić information content (AvgIpc) is 2.32. The van der Waals surface area contributed by atoms with E-state index in [-0.39, 0.29) is 18.9 Å². The van der Waals surface area contributed by atoms with Gasteiger partial charge in [0.15, 0.2) is 0 Å². The summed E-state index contributed by atoms with van der Waals surface area (Å²) in [6.07, 6.45) is 0.232. The summed E-state index contributed by atoms with van der Waals surface area (Å²) in [5.74, 6) is -1.32. The molecule has 1 rings (SSSR count). The van der Waals surface area contributed by atoms with Gasteiger partial charge in [0.25, 0.3) is 0 Å². The lowest BCUT2D eigenvalue weighted by atomic mass is 10.2. The largest absolute Gasteiger partial charge is 0.480 e. The molecule has 0 aliphatic heterocycles. The fourth-order valence-corrected chi connectivity index (χ4v) is 1.65. The summed E-state index contributed by atoms with van der Waals surface area (Å²) in [6, 6.07) is 6.58. The van der Waals surface area contributed by atoms with Gasteiger partial charge in [-0.05, 0) is 25.2 Å². The molecule has 0 fully saturated rings. The van der Waals surface area contributed by atoms with Crippen LogP contribution in [0.5, 0.6) is 0 Å². The number of halogens is 1. The lowest BCUT2D eigenvalue weighted by Crippen LogP contribution is -2.37. The van der Waals surface area contributed by atoms with Crippen molar-refractivity contribution in [3.8, 4) is 0 Å². The number of benzene rings is 1. The Morgan fingerprint density at radius 2 is 2.17 bits per heavy atom. The molecule has 1 amide bonds. The van der Waals surface area contributed by atoms with E-state index in [1.807, 2.05) is 0 Å². The number of carbonyl (C=O) groups is 2. The van der Waals surface area contributed by atoms with Crippen molar-refractivity contribution in [2.75, 3.05) is 25.0 Å². The predicted octanol–water partition coefficient (Wildman–Crippen LogP) is 1.37. The smallest absolute Gasteiger partial charge is 0.323 e. The highest BCUT2D eigenvalue weighted by atomic mass is 35.5. The molecule has 0 bridgehead atoms. The van der Waals surface area contributed by atoms with E-state index in [1.165, 1.54) is 4.90 Å². The van der Waals surface area contributed by atoms with E-state index in [1.54, 1.807) is 31.3 Å². The Balaban J connectivity index is 2.90. The SMILES string of the molecule is CNCCC(=O)N(CC(=O)O)c1cccc(Cl)c1. The molecule has 5 nitrogen and oxygen atoms in total. The molecule has 18 heavy (non-hydrogen) atoms.